The number of halogens is 4. The first-order valence-electron chi connectivity index (χ1n) is 7.78. The van der Waals surface area contributed by atoms with Crippen molar-refractivity contribution >= 4 is 17.5 Å². The van der Waals surface area contributed by atoms with Crippen molar-refractivity contribution in [3.8, 4) is 5.82 Å². The molecule has 0 unspecified atom stereocenters. The fourth-order valence-electron chi connectivity index (χ4n) is 2.50. The first-order valence-corrected chi connectivity index (χ1v) is 8.16. The van der Waals surface area contributed by atoms with Gasteiger partial charge < -0.3 is 0 Å². The smallest absolute Gasteiger partial charge is 0.295 e. The highest BCUT2D eigenvalue weighted by Crippen LogP contribution is 2.32. The van der Waals surface area contributed by atoms with Crippen molar-refractivity contribution in [2.24, 2.45) is 5.84 Å². The van der Waals surface area contributed by atoms with Crippen LogP contribution in [0.3, 0.4) is 0 Å². The summed E-state index contributed by atoms with van der Waals surface area (Å²) in [6.45, 7) is 0.166. The molecule has 0 fully saturated rings. The third kappa shape index (κ3) is 4.12. The average Bonchev–Trinajstić information content (AvgIpc) is 3.10. The summed E-state index contributed by atoms with van der Waals surface area (Å²) >= 11 is 5.97. The molecular formula is C18H14ClF3N4O. The zero-order valence-corrected chi connectivity index (χ0v) is 14.6. The number of hydrazine groups is 1. The molecule has 0 aliphatic carbocycles. The number of pyridine rings is 1. The van der Waals surface area contributed by atoms with Crippen molar-refractivity contribution in [3.05, 3.63) is 82.8 Å². The molecule has 9 heteroatoms. The summed E-state index contributed by atoms with van der Waals surface area (Å²) in [4.78, 5) is 16.4. The lowest BCUT2D eigenvalue weighted by molar-refractivity contribution is -0.137. The molecule has 0 bridgehead atoms. The predicted molar refractivity (Wildman–Crippen MR) is 94.1 cm³/mol. The number of rotatable bonds is 4. The largest absolute Gasteiger partial charge is 0.417 e. The summed E-state index contributed by atoms with van der Waals surface area (Å²) in [7, 11) is 0. The molecule has 0 atom stereocenters. The van der Waals surface area contributed by atoms with Gasteiger partial charge in [-0.3, -0.25) is 14.4 Å². The van der Waals surface area contributed by atoms with Gasteiger partial charge in [-0.2, -0.15) is 13.2 Å². The Balaban J connectivity index is 1.89. The second kappa shape index (κ2) is 7.42. The molecule has 3 aromatic rings. The number of hydrogen-bond acceptors (Lipinski definition) is 3. The monoisotopic (exact) mass is 394 g/mol. The van der Waals surface area contributed by atoms with E-state index in [0.29, 0.717) is 6.20 Å². The second-order valence-electron chi connectivity index (χ2n) is 5.71. The van der Waals surface area contributed by atoms with E-state index in [0.717, 1.165) is 16.6 Å². The second-order valence-corrected chi connectivity index (χ2v) is 6.12. The minimum Gasteiger partial charge on any atom is -0.295 e. The lowest BCUT2D eigenvalue weighted by Gasteiger charge is -2.18. The highest BCUT2D eigenvalue weighted by molar-refractivity contribution is 6.32. The third-order valence-electron chi connectivity index (χ3n) is 3.80. The Morgan fingerprint density at radius 3 is 2.52 bits per heavy atom. The van der Waals surface area contributed by atoms with Crippen LogP contribution in [-0.4, -0.2) is 20.5 Å². The van der Waals surface area contributed by atoms with Crippen LogP contribution in [0.15, 0.2) is 60.9 Å². The normalized spacial score (nSPS) is 11.4. The first kappa shape index (κ1) is 18.9. The molecular weight excluding hydrogens is 381 g/mol. The maximum absolute atomic E-state index is 12.8. The molecule has 0 spiro atoms. The molecule has 140 valence electrons. The molecule has 0 aliphatic rings. The summed E-state index contributed by atoms with van der Waals surface area (Å²) < 4.78 is 39.6. The highest BCUT2D eigenvalue weighted by Gasteiger charge is 2.32. The number of carbonyl (C=O) groups excluding carboxylic acids is 1. The zero-order chi connectivity index (χ0) is 19.6. The Kier molecular flexibility index (Phi) is 5.20. The summed E-state index contributed by atoms with van der Waals surface area (Å²) in [5, 5.41) is 0.779. The van der Waals surface area contributed by atoms with E-state index >= 15 is 0 Å². The van der Waals surface area contributed by atoms with Gasteiger partial charge in [-0.25, -0.2) is 10.8 Å². The molecule has 5 nitrogen and oxygen atoms in total. The van der Waals surface area contributed by atoms with Crippen LogP contribution in [0.25, 0.3) is 5.82 Å². The molecule has 0 saturated carbocycles. The van der Waals surface area contributed by atoms with Crippen LogP contribution in [-0.2, 0) is 12.7 Å². The molecule has 0 aliphatic heterocycles. The van der Waals surface area contributed by atoms with Gasteiger partial charge >= 0.3 is 6.18 Å². The molecule has 0 saturated heterocycles. The van der Waals surface area contributed by atoms with Crippen LogP contribution in [0.1, 0.15) is 21.6 Å². The Morgan fingerprint density at radius 1 is 1.19 bits per heavy atom. The number of carbonyl (C=O) groups is 1. The van der Waals surface area contributed by atoms with Gasteiger partial charge in [0.25, 0.3) is 5.91 Å². The summed E-state index contributed by atoms with van der Waals surface area (Å²) in [5.74, 6) is 5.35. The Labute approximate surface area is 157 Å². The fraction of sp³-hybridized carbons (Fsp3) is 0.111. The van der Waals surface area contributed by atoms with E-state index in [1.54, 1.807) is 6.07 Å². The minimum atomic E-state index is -4.56. The van der Waals surface area contributed by atoms with Crippen molar-refractivity contribution in [1.29, 1.82) is 0 Å². The number of alkyl halides is 3. The van der Waals surface area contributed by atoms with Crippen molar-refractivity contribution in [3.63, 3.8) is 0 Å². The van der Waals surface area contributed by atoms with E-state index in [-0.39, 0.29) is 23.1 Å². The predicted octanol–water partition coefficient (Wildman–Crippen LogP) is 4.06. The van der Waals surface area contributed by atoms with Crippen molar-refractivity contribution < 1.29 is 18.0 Å². The first-order chi connectivity index (χ1) is 12.8. The van der Waals surface area contributed by atoms with E-state index < -0.39 is 17.6 Å². The van der Waals surface area contributed by atoms with Gasteiger partial charge in [-0.1, -0.05) is 41.9 Å². The van der Waals surface area contributed by atoms with Gasteiger partial charge in [0.1, 0.15) is 5.69 Å². The molecule has 1 amide bonds. The van der Waals surface area contributed by atoms with Gasteiger partial charge in [-0.05, 0) is 23.8 Å². The fourth-order valence-corrected chi connectivity index (χ4v) is 2.76. The Hall–Kier alpha value is -2.84. The van der Waals surface area contributed by atoms with Crippen molar-refractivity contribution in [1.82, 2.24) is 14.6 Å². The highest BCUT2D eigenvalue weighted by atomic mass is 35.5. The summed E-state index contributed by atoms with van der Waals surface area (Å²) in [5.41, 5.74) is -0.0134. The molecule has 2 N–H and O–H groups in total. The molecule has 3 rings (SSSR count). The molecule has 0 radical (unpaired) electrons. The molecule has 2 aromatic heterocycles. The van der Waals surface area contributed by atoms with Gasteiger partial charge in [0.15, 0.2) is 5.82 Å². The maximum atomic E-state index is 12.8. The van der Waals surface area contributed by atoms with Crippen molar-refractivity contribution in [2.45, 2.75) is 12.7 Å². The number of aromatic nitrogens is 2. The van der Waals surface area contributed by atoms with Crippen LogP contribution in [0.5, 0.6) is 0 Å². The lowest BCUT2D eigenvalue weighted by atomic mass is 10.2. The number of benzene rings is 1. The van der Waals surface area contributed by atoms with Crippen LogP contribution >= 0.6 is 11.6 Å². The van der Waals surface area contributed by atoms with Gasteiger partial charge in [-0.15, -0.1) is 0 Å². The van der Waals surface area contributed by atoms with Gasteiger partial charge in [0.05, 0.1) is 17.1 Å². The zero-order valence-electron chi connectivity index (χ0n) is 13.8. The Morgan fingerprint density at radius 2 is 1.89 bits per heavy atom. The molecule has 27 heavy (non-hydrogen) atoms. The van der Waals surface area contributed by atoms with Crippen LogP contribution in [0.4, 0.5) is 13.2 Å². The van der Waals surface area contributed by atoms with E-state index in [9.17, 15) is 18.0 Å². The maximum Gasteiger partial charge on any atom is 0.417 e. The number of amides is 1. The number of nitrogens with two attached hydrogens (primary N) is 1. The molecule has 2 heterocycles. The lowest BCUT2D eigenvalue weighted by Crippen LogP contribution is -2.37. The molecule has 1 aromatic carbocycles. The average molecular weight is 395 g/mol. The summed E-state index contributed by atoms with van der Waals surface area (Å²) in [6, 6.07) is 12.9. The van der Waals surface area contributed by atoms with Crippen LogP contribution in [0, 0.1) is 0 Å². The van der Waals surface area contributed by atoms with Gasteiger partial charge in [0.2, 0.25) is 0 Å². The quantitative estimate of drug-likeness (QED) is 0.412. The SMILES string of the molecule is NN(Cc1ccccc1)C(=O)c1cccn1-c1ncc(C(F)(F)F)cc1Cl. The van der Waals surface area contributed by atoms with E-state index in [1.807, 2.05) is 30.3 Å². The van der Waals surface area contributed by atoms with Crippen LogP contribution in [0.2, 0.25) is 5.02 Å². The van der Waals surface area contributed by atoms with E-state index in [1.165, 1.54) is 16.8 Å². The van der Waals surface area contributed by atoms with Crippen LogP contribution < -0.4 is 5.84 Å². The number of nitrogens with zero attached hydrogens (tertiary/aromatic N) is 3. The standard InChI is InChI=1S/C18H14ClF3N4O/c19-14-9-13(18(20,21)22)10-24-16(14)25-8-4-7-15(25)17(27)26(23)11-12-5-2-1-3-6-12/h1-10H,11,23H2. The topological polar surface area (TPSA) is 64.2 Å². The van der Waals surface area contributed by atoms with Crippen molar-refractivity contribution in [2.75, 3.05) is 0 Å². The Bertz CT molecular complexity index is 957. The minimum absolute atomic E-state index is 0.00567. The number of hydrogen-bond donors (Lipinski definition) is 1. The summed E-state index contributed by atoms with van der Waals surface area (Å²) in [6.07, 6.45) is -2.42. The van der Waals surface area contributed by atoms with E-state index in [2.05, 4.69) is 4.98 Å². The third-order valence-corrected chi connectivity index (χ3v) is 4.08. The van der Waals surface area contributed by atoms with Gasteiger partial charge in [0, 0.05) is 12.4 Å². The van der Waals surface area contributed by atoms with E-state index in [4.69, 9.17) is 17.4 Å².